The van der Waals surface area contributed by atoms with E-state index in [2.05, 4.69) is 50.7 Å². The smallest absolute Gasteiger partial charge is 0.0462 e. The summed E-state index contributed by atoms with van der Waals surface area (Å²) in [5, 5.41) is 0. The molecule has 0 N–H and O–H groups in total. The van der Waals surface area contributed by atoms with Crippen LogP contribution < -0.4 is 0 Å². The molecule has 1 nitrogen and oxygen atoms in total. The number of rotatable bonds is 2. The molecule has 1 aromatic heterocycles. The number of nitrogens with zero attached hydrogens (tertiary/aromatic N) is 1. The van der Waals surface area contributed by atoms with E-state index >= 15 is 0 Å². The van der Waals surface area contributed by atoms with Gasteiger partial charge in [0.25, 0.3) is 0 Å². The molecule has 0 bridgehead atoms. The van der Waals surface area contributed by atoms with E-state index in [9.17, 15) is 0 Å². The molecule has 12 heavy (non-hydrogen) atoms. The van der Waals surface area contributed by atoms with Gasteiger partial charge in [0.05, 0.1) is 0 Å². The molecular formula is C11H17N. The van der Waals surface area contributed by atoms with Gasteiger partial charge in [0.2, 0.25) is 0 Å². The molecule has 0 spiro atoms. The Bertz CT molecular complexity index is 272. The van der Waals surface area contributed by atoms with Crippen molar-refractivity contribution in [2.24, 2.45) is 7.05 Å². The average molecular weight is 163 g/mol. The third-order valence-corrected chi connectivity index (χ3v) is 2.31. The van der Waals surface area contributed by atoms with Crippen molar-refractivity contribution in [2.75, 3.05) is 0 Å². The molecule has 0 atom stereocenters. The number of hydrogen-bond acceptors (Lipinski definition) is 0. The third-order valence-electron chi connectivity index (χ3n) is 2.31. The van der Waals surface area contributed by atoms with Crippen LogP contribution in [-0.2, 0) is 7.05 Å². The second-order valence-corrected chi connectivity index (χ2v) is 3.13. The predicted molar refractivity (Wildman–Crippen MR) is 54.1 cm³/mol. The van der Waals surface area contributed by atoms with Gasteiger partial charge < -0.3 is 4.57 Å². The Kier molecular flexibility index (Phi) is 2.74. The first-order valence-electron chi connectivity index (χ1n) is 4.48. The second kappa shape index (κ2) is 3.61. The van der Waals surface area contributed by atoms with Crippen molar-refractivity contribution >= 4 is 5.57 Å². The summed E-state index contributed by atoms with van der Waals surface area (Å²) in [4.78, 5) is 0. The van der Waals surface area contributed by atoms with Crippen molar-refractivity contribution < 1.29 is 0 Å². The minimum Gasteiger partial charge on any atom is -0.351 e. The zero-order valence-corrected chi connectivity index (χ0v) is 8.39. The van der Waals surface area contributed by atoms with Gasteiger partial charge in [0.1, 0.15) is 0 Å². The largest absolute Gasteiger partial charge is 0.351 e. The summed E-state index contributed by atoms with van der Waals surface area (Å²) in [6.07, 6.45) is 5.42. The lowest BCUT2D eigenvalue weighted by Crippen LogP contribution is -1.95. The second-order valence-electron chi connectivity index (χ2n) is 3.13. The van der Waals surface area contributed by atoms with Gasteiger partial charge in [-0.1, -0.05) is 13.0 Å². The van der Waals surface area contributed by atoms with Crippen LogP contribution in [0.15, 0.2) is 18.3 Å². The monoisotopic (exact) mass is 163 g/mol. The van der Waals surface area contributed by atoms with E-state index in [0.717, 1.165) is 6.42 Å². The molecule has 0 aromatic carbocycles. The highest BCUT2D eigenvalue weighted by Gasteiger charge is 2.05. The number of aromatic nitrogens is 1. The fourth-order valence-corrected chi connectivity index (χ4v) is 1.64. The maximum Gasteiger partial charge on any atom is 0.0462 e. The van der Waals surface area contributed by atoms with Crippen molar-refractivity contribution in [3.05, 3.63) is 29.6 Å². The zero-order valence-electron chi connectivity index (χ0n) is 8.39. The molecule has 0 aliphatic carbocycles. The van der Waals surface area contributed by atoms with Crippen LogP contribution in [0.3, 0.4) is 0 Å². The summed E-state index contributed by atoms with van der Waals surface area (Å²) in [6, 6.07) is 2.16. The highest BCUT2D eigenvalue weighted by molar-refractivity contribution is 5.65. The zero-order chi connectivity index (χ0) is 9.14. The number of allylic oxidation sites excluding steroid dienone is 2. The summed E-state index contributed by atoms with van der Waals surface area (Å²) >= 11 is 0. The van der Waals surface area contributed by atoms with Crippen LogP contribution in [-0.4, -0.2) is 4.57 Å². The third kappa shape index (κ3) is 1.45. The van der Waals surface area contributed by atoms with E-state index in [-0.39, 0.29) is 0 Å². The molecule has 0 aliphatic rings. The number of aryl methyl sites for hydroxylation is 2. The van der Waals surface area contributed by atoms with Crippen molar-refractivity contribution in [1.29, 1.82) is 0 Å². The van der Waals surface area contributed by atoms with E-state index < -0.39 is 0 Å². The van der Waals surface area contributed by atoms with Gasteiger partial charge in [0.15, 0.2) is 0 Å². The van der Waals surface area contributed by atoms with Crippen LogP contribution in [0.25, 0.3) is 5.57 Å². The summed E-state index contributed by atoms with van der Waals surface area (Å²) in [5.41, 5.74) is 4.17. The van der Waals surface area contributed by atoms with Gasteiger partial charge in [-0.05, 0) is 37.5 Å². The first kappa shape index (κ1) is 9.11. The lowest BCUT2D eigenvalue weighted by Gasteiger charge is -2.07. The van der Waals surface area contributed by atoms with Gasteiger partial charge >= 0.3 is 0 Å². The quantitative estimate of drug-likeness (QED) is 0.631. The van der Waals surface area contributed by atoms with Gasteiger partial charge in [0, 0.05) is 18.9 Å². The van der Waals surface area contributed by atoms with E-state index in [1.807, 2.05) is 0 Å². The summed E-state index contributed by atoms with van der Waals surface area (Å²) in [6.45, 7) is 6.46. The van der Waals surface area contributed by atoms with Crippen molar-refractivity contribution in [3.63, 3.8) is 0 Å². The SMILES string of the molecule is CC=C(CC)c1c(C)ccn1C. The first-order valence-corrected chi connectivity index (χ1v) is 4.48. The lowest BCUT2D eigenvalue weighted by atomic mass is 10.1. The first-order chi connectivity index (χ1) is 5.70. The Balaban J connectivity index is 3.16. The van der Waals surface area contributed by atoms with Crippen molar-refractivity contribution in [1.82, 2.24) is 4.57 Å². The van der Waals surface area contributed by atoms with E-state index in [1.165, 1.54) is 16.8 Å². The van der Waals surface area contributed by atoms with Crippen molar-refractivity contribution in [2.45, 2.75) is 27.2 Å². The van der Waals surface area contributed by atoms with Gasteiger partial charge in [-0.25, -0.2) is 0 Å². The summed E-state index contributed by atoms with van der Waals surface area (Å²) in [5.74, 6) is 0. The van der Waals surface area contributed by atoms with E-state index in [0.29, 0.717) is 0 Å². The lowest BCUT2D eigenvalue weighted by molar-refractivity contribution is 0.896. The maximum atomic E-state index is 2.20. The van der Waals surface area contributed by atoms with Crippen LogP contribution in [0.5, 0.6) is 0 Å². The van der Waals surface area contributed by atoms with Crippen LogP contribution >= 0.6 is 0 Å². The Morgan fingerprint density at radius 1 is 1.58 bits per heavy atom. The molecule has 0 fully saturated rings. The van der Waals surface area contributed by atoms with Crippen LogP contribution in [0.4, 0.5) is 0 Å². The molecule has 66 valence electrons. The molecule has 1 aromatic rings. The Hall–Kier alpha value is -0.980. The Labute approximate surface area is 74.7 Å². The molecule has 1 rings (SSSR count). The van der Waals surface area contributed by atoms with Crippen LogP contribution in [0.1, 0.15) is 31.5 Å². The fraction of sp³-hybridized carbons (Fsp3) is 0.455. The standard InChI is InChI=1S/C11H17N/c1-5-10(6-2)11-9(3)7-8-12(11)4/h5,7-8H,6H2,1-4H3. The summed E-state index contributed by atoms with van der Waals surface area (Å²) in [7, 11) is 2.10. The van der Waals surface area contributed by atoms with Crippen molar-refractivity contribution in [3.8, 4) is 0 Å². The molecular weight excluding hydrogens is 146 g/mol. The Morgan fingerprint density at radius 2 is 2.25 bits per heavy atom. The molecule has 0 amide bonds. The van der Waals surface area contributed by atoms with E-state index in [1.54, 1.807) is 0 Å². The number of hydrogen-bond donors (Lipinski definition) is 0. The average Bonchev–Trinajstić information content (AvgIpc) is 2.38. The molecule has 0 aliphatic heterocycles. The van der Waals surface area contributed by atoms with E-state index in [4.69, 9.17) is 0 Å². The molecule has 0 radical (unpaired) electrons. The molecule has 0 unspecified atom stereocenters. The fourth-order valence-electron chi connectivity index (χ4n) is 1.64. The topological polar surface area (TPSA) is 4.93 Å². The molecule has 0 saturated heterocycles. The normalized spacial score (nSPS) is 12.2. The Morgan fingerprint density at radius 3 is 2.58 bits per heavy atom. The molecule has 1 heteroatoms. The highest BCUT2D eigenvalue weighted by Crippen LogP contribution is 2.21. The summed E-state index contributed by atoms with van der Waals surface area (Å²) < 4.78 is 2.19. The molecule has 1 heterocycles. The van der Waals surface area contributed by atoms with Gasteiger partial charge in [-0.2, -0.15) is 0 Å². The minimum atomic E-state index is 1.11. The molecule has 0 saturated carbocycles. The van der Waals surface area contributed by atoms with Crippen LogP contribution in [0, 0.1) is 6.92 Å². The minimum absolute atomic E-state index is 1.11. The van der Waals surface area contributed by atoms with Gasteiger partial charge in [-0.15, -0.1) is 0 Å². The van der Waals surface area contributed by atoms with Gasteiger partial charge in [-0.3, -0.25) is 0 Å². The van der Waals surface area contributed by atoms with Crippen LogP contribution in [0.2, 0.25) is 0 Å². The predicted octanol–water partition coefficient (Wildman–Crippen LogP) is 3.15. The maximum absolute atomic E-state index is 2.20. The highest BCUT2D eigenvalue weighted by atomic mass is 14.9.